The molecular formula is C23H28N6O2S. The van der Waals surface area contributed by atoms with Crippen LogP contribution in [0.25, 0.3) is 10.2 Å². The Balaban J connectivity index is 1.73. The van der Waals surface area contributed by atoms with Gasteiger partial charge < -0.3 is 26.1 Å². The van der Waals surface area contributed by atoms with Crippen molar-refractivity contribution < 1.29 is 9.53 Å². The largest absolute Gasteiger partial charge is 0.491 e. The zero-order valence-electron chi connectivity index (χ0n) is 18.6. The van der Waals surface area contributed by atoms with Gasteiger partial charge in [0.15, 0.2) is 0 Å². The molecule has 168 valence electrons. The number of rotatable bonds is 7. The summed E-state index contributed by atoms with van der Waals surface area (Å²) in [7, 11) is 3.62. The predicted molar refractivity (Wildman–Crippen MR) is 129 cm³/mol. The first-order valence-electron chi connectivity index (χ1n) is 10.7. The van der Waals surface area contributed by atoms with Gasteiger partial charge >= 0.3 is 0 Å². The molecule has 4 rings (SSSR count). The van der Waals surface area contributed by atoms with E-state index in [-0.39, 0.29) is 11.8 Å². The Morgan fingerprint density at radius 2 is 2.22 bits per heavy atom. The van der Waals surface area contributed by atoms with Gasteiger partial charge in [0.2, 0.25) is 5.91 Å². The molecule has 8 nitrogen and oxygen atoms in total. The molecule has 1 unspecified atom stereocenters. The third kappa shape index (κ3) is 4.12. The lowest BCUT2D eigenvalue weighted by Gasteiger charge is -2.24. The summed E-state index contributed by atoms with van der Waals surface area (Å²) in [5, 5.41) is 12.1. The molecule has 0 fully saturated rings. The monoisotopic (exact) mass is 452 g/mol. The maximum Gasteiger partial charge on any atom is 0.225 e. The van der Waals surface area contributed by atoms with Crippen LogP contribution in [0.2, 0.25) is 0 Å². The third-order valence-corrected chi connectivity index (χ3v) is 6.85. The second-order valence-corrected chi connectivity index (χ2v) is 9.26. The van der Waals surface area contributed by atoms with Crippen LogP contribution in [0, 0.1) is 11.3 Å². The average Bonchev–Trinajstić information content (AvgIpc) is 3.16. The van der Waals surface area contributed by atoms with E-state index in [1.54, 1.807) is 28.6 Å². The number of hydrogen-bond donors (Lipinski definition) is 3. The van der Waals surface area contributed by atoms with E-state index in [0.717, 1.165) is 35.9 Å². The Bertz CT molecular complexity index is 1170. The van der Waals surface area contributed by atoms with E-state index >= 15 is 0 Å². The van der Waals surface area contributed by atoms with Crippen molar-refractivity contribution in [1.82, 2.24) is 14.9 Å². The highest BCUT2D eigenvalue weighted by atomic mass is 32.1. The lowest BCUT2D eigenvalue weighted by atomic mass is 9.87. The molecule has 4 N–H and O–H groups in total. The number of thiophene rings is 1. The molecule has 1 atom stereocenters. The summed E-state index contributed by atoms with van der Waals surface area (Å²) < 4.78 is 5.91. The Kier molecular flexibility index (Phi) is 6.27. The molecule has 9 heteroatoms. The first-order valence-corrected chi connectivity index (χ1v) is 11.5. The SMILES string of the molecule is CCCOc1cc(N)c(C=N)cc1Nc1ncnc2sc3c(c12)CCC(C(=O)N(C)C)C3. The number of ether oxygens (including phenoxy) is 1. The summed E-state index contributed by atoms with van der Waals surface area (Å²) >= 11 is 1.64. The second-order valence-electron chi connectivity index (χ2n) is 8.17. The minimum Gasteiger partial charge on any atom is -0.491 e. The van der Waals surface area contributed by atoms with Gasteiger partial charge in [-0.05, 0) is 37.3 Å². The molecule has 0 saturated carbocycles. The number of fused-ring (bicyclic) bond motifs is 3. The Morgan fingerprint density at radius 1 is 1.41 bits per heavy atom. The lowest BCUT2D eigenvalue weighted by molar-refractivity contribution is -0.133. The van der Waals surface area contributed by atoms with Crippen molar-refractivity contribution in [2.45, 2.75) is 32.6 Å². The van der Waals surface area contributed by atoms with E-state index in [1.807, 2.05) is 27.1 Å². The van der Waals surface area contributed by atoms with Crippen molar-refractivity contribution in [1.29, 1.82) is 5.41 Å². The minimum atomic E-state index is 0.0104. The molecule has 0 aliphatic heterocycles. The van der Waals surface area contributed by atoms with Crippen LogP contribution in [-0.4, -0.2) is 47.7 Å². The number of benzene rings is 1. The maximum absolute atomic E-state index is 12.5. The topological polar surface area (TPSA) is 117 Å². The van der Waals surface area contributed by atoms with Crippen LogP contribution in [0.4, 0.5) is 17.2 Å². The number of aryl methyl sites for hydroxylation is 1. The minimum absolute atomic E-state index is 0.0104. The molecule has 1 amide bonds. The number of hydrogen-bond acceptors (Lipinski definition) is 8. The molecule has 0 radical (unpaired) electrons. The normalized spacial score (nSPS) is 15.3. The van der Waals surface area contributed by atoms with E-state index in [9.17, 15) is 4.79 Å². The summed E-state index contributed by atoms with van der Waals surface area (Å²) in [5.41, 5.74) is 9.11. The van der Waals surface area contributed by atoms with E-state index < -0.39 is 0 Å². The van der Waals surface area contributed by atoms with Crippen LogP contribution in [-0.2, 0) is 17.6 Å². The highest BCUT2D eigenvalue weighted by molar-refractivity contribution is 7.19. The summed E-state index contributed by atoms with van der Waals surface area (Å²) in [6, 6.07) is 3.56. The highest BCUT2D eigenvalue weighted by Crippen LogP contribution is 2.41. The Labute approximate surface area is 191 Å². The number of nitrogens with one attached hydrogen (secondary N) is 2. The predicted octanol–water partition coefficient (Wildman–Crippen LogP) is 4.00. The number of nitrogens with zero attached hydrogens (tertiary/aromatic N) is 3. The number of amides is 1. The first-order chi connectivity index (χ1) is 15.4. The van der Waals surface area contributed by atoms with Gasteiger partial charge in [-0.3, -0.25) is 4.79 Å². The third-order valence-electron chi connectivity index (χ3n) is 5.69. The molecular weight excluding hydrogens is 424 g/mol. The standard InChI is InChI=1S/C23H28N6O2S/c1-4-7-31-18-10-16(25)14(11-24)8-17(18)28-21-20-15-6-5-13(23(30)29(2)3)9-19(15)32-22(20)27-12-26-21/h8,10-13,24H,4-7,9,25H2,1-3H3,(H,26,27,28). The van der Waals surface area contributed by atoms with Crippen molar-refractivity contribution in [2.24, 2.45) is 5.92 Å². The summed E-state index contributed by atoms with van der Waals surface area (Å²) in [5.74, 6) is 1.52. The van der Waals surface area contributed by atoms with Crippen LogP contribution in [0.15, 0.2) is 18.5 Å². The first kappa shape index (κ1) is 22.0. The van der Waals surface area contributed by atoms with Crippen molar-refractivity contribution >= 4 is 50.9 Å². The smallest absolute Gasteiger partial charge is 0.225 e. The summed E-state index contributed by atoms with van der Waals surface area (Å²) in [4.78, 5) is 25.3. The number of aromatic nitrogens is 2. The van der Waals surface area contributed by atoms with E-state index in [4.69, 9.17) is 15.9 Å². The van der Waals surface area contributed by atoms with E-state index in [0.29, 0.717) is 35.1 Å². The van der Waals surface area contributed by atoms with Gasteiger partial charge in [-0.2, -0.15) is 0 Å². The molecule has 3 aromatic rings. The number of nitrogens with two attached hydrogens (primary N) is 1. The maximum atomic E-state index is 12.5. The zero-order valence-corrected chi connectivity index (χ0v) is 19.4. The molecule has 1 aliphatic rings. The van der Waals surface area contributed by atoms with Gasteiger partial charge in [-0.1, -0.05) is 6.92 Å². The summed E-state index contributed by atoms with van der Waals surface area (Å²) in [6.07, 6.45) is 6.01. The van der Waals surface area contributed by atoms with Crippen LogP contribution >= 0.6 is 11.3 Å². The second kappa shape index (κ2) is 9.12. The van der Waals surface area contributed by atoms with Gasteiger partial charge in [0.25, 0.3) is 0 Å². The average molecular weight is 453 g/mol. The van der Waals surface area contributed by atoms with Gasteiger partial charge in [-0.15, -0.1) is 11.3 Å². The van der Waals surface area contributed by atoms with Crippen molar-refractivity contribution in [3.05, 3.63) is 34.5 Å². The highest BCUT2D eigenvalue weighted by Gasteiger charge is 2.30. The molecule has 0 saturated heterocycles. The van der Waals surface area contributed by atoms with Crippen LogP contribution < -0.4 is 15.8 Å². The number of nitrogen functional groups attached to an aromatic ring is 1. The zero-order chi connectivity index (χ0) is 22.8. The quantitative estimate of drug-likeness (QED) is 0.368. The molecule has 1 aliphatic carbocycles. The number of anilines is 3. The molecule has 2 aromatic heterocycles. The molecule has 1 aromatic carbocycles. The van der Waals surface area contributed by atoms with E-state index in [2.05, 4.69) is 15.3 Å². The molecule has 2 heterocycles. The van der Waals surface area contributed by atoms with Gasteiger partial charge in [0, 0.05) is 48.4 Å². The number of carbonyl (C=O) groups is 1. The number of carbonyl (C=O) groups excluding carboxylic acids is 1. The fourth-order valence-corrected chi connectivity index (χ4v) is 5.34. The fourth-order valence-electron chi connectivity index (χ4n) is 4.07. The van der Waals surface area contributed by atoms with Crippen LogP contribution in [0.3, 0.4) is 0 Å². The fraction of sp³-hybridized carbons (Fsp3) is 0.391. The van der Waals surface area contributed by atoms with E-state index in [1.165, 1.54) is 16.7 Å². The molecule has 32 heavy (non-hydrogen) atoms. The van der Waals surface area contributed by atoms with Gasteiger partial charge in [0.1, 0.15) is 22.7 Å². The molecule has 0 spiro atoms. The lowest BCUT2D eigenvalue weighted by Crippen LogP contribution is -2.32. The van der Waals surface area contributed by atoms with Crippen molar-refractivity contribution in [2.75, 3.05) is 31.8 Å². The Hall–Kier alpha value is -3.20. The van der Waals surface area contributed by atoms with Crippen LogP contribution in [0.5, 0.6) is 5.75 Å². The van der Waals surface area contributed by atoms with Gasteiger partial charge in [-0.25, -0.2) is 9.97 Å². The van der Waals surface area contributed by atoms with Crippen LogP contribution in [0.1, 0.15) is 35.8 Å². The van der Waals surface area contributed by atoms with Crippen molar-refractivity contribution in [3.63, 3.8) is 0 Å². The van der Waals surface area contributed by atoms with Gasteiger partial charge in [0.05, 0.1) is 17.7 Å². The summed E-state index contributed by atoms with van der Waals surface area (Å²) in [6.45, 7) is 2.61. The Morgan fingerprint density at radius 3 is 2.94 bits per heavy atom. The molecule has 0 bridgehead atoms. The van der Waals surface area contributed by atoms with Crippen molar-refractivity contribution in [3.8, 4) is 5.75 Å².